The number of nitrogens with one attached hydrogen (secondary N) is 2. The molecule has 4 rings (SSSR count). The van der Waals surface area contributed by atoms with Crippen LogP contribution in [0.1, 0.15) is 43.1 Å². The first-order valence-electron chi connectivity index (χ1n) is 14.8. The van der Waals surface area contributed by atoms with E-state index in [1.807, 2.05) is 18.2 Å². The third-order valence-corrected chi connectivity index (χ3v) is 7.33. The third kappa shape index (κ3) is 9.34. The summed E-state index contributed by atoms with van der Waals surface area (Å²) < 4.78 is 16.7. The highest BCUT2D eigenvalue weighted by Gasteiger charge is 2.38. The van der Waals surface area contributed by atoms with Crippen molar-refractivity contribution < 1.29 is 38.2 Å². The van der Waals surface area contributed by atoms with Gasteiger partial charge in [-0.1, -0.05) is 36.4 Å². The molecule has 2 bridgehead atoms. The summed E-state index contributed by atoms with van der Waals surface area (Å²) in [6.45, 7) is 5.06. The highest BCUT2D eigenvalue weighted by molar-refractivity contribution is 5.95. The Hall–Kier alpha value is -4.81. The third-order valence-electron chi connectivity index (χ3n) is 7.33. The number of nitrogens with zero attached hydrogens (tertiary/aromatic N) is 3. The van der Waals surface area contributed by atoms with Crippen molar-refractivity contribution in [1.29, 1.82) is 0 Å². The summed E-state index contributed by atoms with van der Waals surface area (Å²) in [6, 6.07) is 13.6. The Bertz CT molecular complexity index is 1400. The first kappa shape index (κ1) is 33.1. The van der Waals surface area contributed by atoms with Crippen LogP contribution in [0, 0.1) is 0 Å². The van der Waals surface area contributed by atoms with Crippen LogP contribution in [0.25, 0.3) is 0 Å². The predicted molar refractivity (Wildman–Crippen MR) is 163 cm³/mol. The molecule has 13 nitrogen and oxygen atoms in total. The SMILES string of the molecule is CN1C[C@H](NC(=O)OCc2ccccc2)C(=O)N(C)CC(=O)N2C[C@@H](NC(=O)OC(C)(C)C)C[C@H]2COc2cccc(c2)C1=O. The second-order valence-corrected chi connectivity index (χ2v) is 12.3. The van der Waals surface area contributed by atoms with Crippen LogP contribution in [0.15, 0.2) is 54.6 Å². The molecule has 2 aliphatic heterocycles. The molecule has 0 unspecified atom stereocenters. The first-order chi connectivity index (χ1) is 21.3. The molecule has 1 fully saturated rings. The molecule has 13 heteroatoms. The van der Waals surface area contributed by atoms with Crippen LogP contribution in [0.5, 0.6) is 5.75 Å². The van der Waals surface area contributed by atoms with Gasteiger partial charge in [-0.25, -0.2) is 9.59 Å². The van der Waals surface area contributed by atoms with Crippen molar-refractivity contribution in [3.63, 3.8) is 0 Å². The molecule has 0 saturated carbocycles. The van der Waals surface area contributed by atoms with Crippen molar-refractivity contribution in [3.8, 4) is 5.75 Å². The summed E-state index contributed by atoms with van der Waals surface area (Å²) in [5, 5.41) is 5.39. The first-order valence-corrected chi connectivity index (χ1v) is 14.8. The molecule has 2 aliphatic rings. The van der Waals surface area contributed by atoms with E-state index in [4.69, 9.17) is 14.2 Å². The highest BCUT2D eigenvalue weighted by atomic mass is 16.6. The Morgan fingerprint density at radius 3 is 2.38 bits per heavy atom. The molecular weight excluding hydrogens is 582 g/mol. The maximum atomic E-state index is 13.7. The Kier molecular flexibility index (Phi) is 10.5. The van der Waals surface area contributed by atoms with Gasteiger partial charge in [0.2, 0.25) is 11.8 Å². The molecule has 2 aromatic carbocycles. The Morgan fingerprint density at radius 1 is 0.933 bits per heavy atom. The van der Waals surface area contributed by atoms with Gasteiger partial charge in [-0.15, -0.1) is 0 Å². The molecule has 2 aromatic rings. The maximum Gasteiger partial charge on any atom is 0.408 e. The van der Waals surface area contributed by atoms with E-state index in [0.29, 0.717) is 17.7 Å². The van der Waals surface area contributed by atoms with Gasteiger partial charge in [0.15, 0.2) is 0 Å². The molecule has 2 N–H and O–H groups in total. The normalized spacial score (nSPS) is 21.2. The van der Waals surface area contributed by atoms with Crippen molar-refractivity contribution in [2.45, 2.75) is 57.5 Å². The van der Waals surface area contributed by atoms with Crippen molar-refractivity contribution in [1.82, 2.24) is 25.3 Å². The fourth-order valence-corrected chi connectivity index (χ4v) is 5.18. The number of rotatable bonds is 4. The van der Waals surface area contributed by atoms with Gasteiger partial charge in [-0.2, -0.15) is 0 Å². The smallest absolute Gasteiger partial charge is 0.408 e. The topological polar surface area (TPSA) is 147 Å². The minimum absolute atomic E-state index is 0.0156. The quantitative estimate of drug-likeness (QED) is 0.528. The van der Waals surface area contributed by atoms with Crippen molar-refractivity contribution in [2.75, 3.05) is 40.3 Å². The molecule has 3 atom stereocenters. The second kappa shape index (κ2) is 14.3. The van der Waals surface area contributed by atoms with Gasteiger partial charge in [0.1, 0.15) is 30.6 Å². The van der Waals surface area contributed by atoms with Gasteiger partial charge in [-0.3, -0.25) is 14.4 Å². The summed E-state index contributed by atoms with van der Waals surface area (Å²) in [7, 11) is 2.97. The molecule has 2 heterocycles. The van der Waals surface area contributed by atoms with E-state index < -0.39 is 47.7 Å². The van der Waals surface area contributed by atoms with E-state index in [-0.39, 0.29) is 38.8 Å². The fourth-order valence-electron chi connectivity index (χ4n) is 5.18. The van der Waals surface area contributed by atoms with Crippen LogP contribution in [0.2, 0.25) is 0 Å². The summed E-state index contributed by atoms with van der Waals surface area (Å²) in [5.41, 5.74) is 0.391. The van der Waals surface area contributed by atoms with E-state index in [9.17, 15) is 24.0 Å². The van der Waals surface area contributed by atoms with Crippen LogP contribution >= 0.6 is 0 Å². The van der Waals surface area contributed by atoms with Gasteiger partial charge in [0, 0.05) is 26.2 Å². The van der Waals surface area contributed by atoms with Gasteiger partial charge in [0.25, 0.3) is 5.91 Å². The molecule has 0 aromatic heterocycles. The van der Waals surface area contributed by atoms with Crippen LogP contribution in [0.3, 0.4) is 0 Å². The largest absolute Gasteiger partial charge is 0.491 e. The summed E-state index contributed by atoms with van der Waals surface area (Å²) >= 11 is 0. The van der Waals surface area contributed by atoms with E-state index in [0.717, 1.165) is 5.56 Å². The molecule has 0 spiro atoms. The number of benzene rings is 2. The van der Waals surface area contributed by atoms with E-state index in [1.54, 1.807) is 62.1 Å². The van der Waals surface area contributed by atoms with Crippen molar-refractivity contribution in [2.24, 2.45) is 0 Å². The molecular formula is C32H41N5O8. The lowest BCUT2D eigenvalue weighted by atomic mass is 10.1. The lowest BCUT2D eigenvalue weighted by Gasteiger charge is -2.30. The lowest BCUT2D eigenvalue weighted by Crippen LogP contribution is -2.55. The average Bonchev–Trinajstić information content (AvgIpc) is 3.39. The Labute approximate surface area is 262 Å². The predicted octanol–water partition coefficient (Wildman–Crippen LogP) is 2.40. The van der Waals surface area contributed by atoms with Crippen LogP contribution < -0.4 is 15.4 Å². The Morgan fingerprint density at radius 2 is 1.67 bits per heavy atom. The van der Waals surface area contributed by atoms with E-state index in [2.05, 4.69) is 10.6 Å². The van der Waals surface area contributed by atoms with Gasteiger partial charge in [-0.05, 0) is 51.0 Å². The number of amides is 5. The Balaban J connectivity index is 1.55. The van der Waals surface area contributed by atoms with Gasteiger partial charge >= 0.3 is 12.2 Å². The zero-order valence-corrected chi connectivity index (χ0v) is 26.3. The second-order valence-electron chi connectivity index (χ2n) is 12.3. The van der Waals surface area contributed by atoms with Crippen molar-refractivity contribution >= 4 is 29.9 Å². The number of alkyl carbamates (subject to hydrolysis) is 2. The number of carbonyl (C=O) groups is 5. The number of likely N-dealkylation sites (N-methyl/N-ethyl adjacent to an activating group) is 2. The molecule has 45 heavy (non-hydrogen) atoms. The zero-order chi connectivity index (χ0) is 32.7. The number of hydrogen-bond acceptors (Lipinski definition) is 8. The van der Waals surface area contributed by atoms with Crippen LogP contribution in [-0.4, -0.2) is 109 Å². The summed E-state index contributed by atoms with van der Waals surface area (Å²) in [5.74, 6) is -0.923. The monoisotopic (exact) mass is 623 g/mol. The van der Waals surface area contributed by atoms with Crippen LogP contribution in [-0.2, 0) is 25.7 Å². The molecule has 5 amide bonds. The summed E-state index contributed by atoms with van der Waals surface area (Å²) in [6.07, 6.45) is -1.05. The highest BCUT2D eigenvalue weighted by Crippen LogP contribution is 2.23. The summed E-state index contributed by atoms with van der Waals surface area (Å²) in [4.78, 5) is 69.9. The minimum Gasteiger partial charge on any atom is -0.491 e. The molecule has 0 radical (unpaired) electrons. The van der Waals surface area contributed by atoms with Gasteiger partial charge in [0.05, 0.1) is 25.2 Å². The van der Waals surface area contributed by atoms with Crippen molar-refractivity contribution in [3.05, 3.63) is 65.7 Å². The molecule has 242 valence electrons. The van der Waals surface area contributed by atoms with Crippen LogP contribution in [0.4, 0.5) is 9.59 Å². The molecule has 0 aliphatic carbocycles. The lowest BCUT2D eigenvalue weighted by molar-refractivity contribution is -0.141. The fraction of sp³-hybridized carbons (Fsp3) is 0.469. The number of carbonyl (C=O) groups excluding carboxylic acids is 5. The number of fused-ring (bicyclic) bond motifs is 3. The number of hydrogen-bond donors (Lipinski definition) is 2. The molecule has 1 saturated heterocycles. The number of ether oxygens (including phenoxy) is 3. The standard InChI is InChI=1S/C32H41N5O8/c1-32(2,3)45-31(42)33-23-15-24-20-43-25-13-9-12-22(14-25)28(39)35(4)17-26(29(40)36(5)18-27(38)37(24)16-23)34-30(41)44-19-21-10-7-6-8-11-21/h6-14,23-24,26H,15-20H2,1-5H3,(H,33,42)(H,34,41)/t23-,24-,26-/m0/s1. The maximum absolute atomic E-state index is 13.7. The van der Waals surface area contributed by atoms with E-state index >= 15 is 0 Å². The zero-order valence-electron chi connectivity index (χ0n) is 26.3. The average molecular weight is 624 g/mol. The van der Waals surface area contributed by atoms with E-state index in [1.165, 1.54) is 23.9 Å². The van der Waals surface area contributed by atoms with Gasteiger partial charge < -0.3 is 39.5 Å². The minimum atomic E-state index is -1.21.